The molecular weight excluding hydrogens is 350 g/mol. The lowest BCUT2D eigenvalue weighted by atomic mass is 9.90. The summed E-state index contributed by atoms with van der Waals surface area (Å²) in [4.78, 5) is 12.7. The van der Waals surface area contributed by atoms with Crippen LogP contribution in [0.4, 0.5) is 11.4 Å². The van der Waals surface area contributed by atoms with Crippen LogP contribution in [0.25, 0.3) is 5.57 Å². The van der Waals surface area contributed by atoms with Crippen molar-refractivity contribution < 1.29 is 9.50 Å². The Bertz CT molecular complexity index is 987. The highest BCUT2D eigenvalue weighted by atomic mass is 16.6. The highest BCUT2D eigenvalue weighted by Crippen LogP contribution is 2.31. The number of benzene rings is 2. The second-order valence-corrected chi connectivity index (χ2v) is 7.06. The van der Waals surface area contributed by atoms with Crippen molar-refractivity contribution >= 4 is 22.7 Å². The predicted molar refractivity (Wildman–Crippen MR) is 115 cm³/mol. The molecule has 2 aromatic rings. The molecule has 0 atom stereocenters. The Balaban J connectivity index is 2.13. The highest BCUT2D eigenvalue weighted by Gasteiger charge is 2.14. The van der Waals surface area contributed by atoms with Gasteiger partial charge in [0.05, 0.1) is 4.92 Å². The van der Waals surface area contributed by atoms with Gasteiger partial charge >= 0.3 is 0 Å². The molecule has 0 bridgehead atoms. The third-order valence-electron chi connectivity index (χ3n) is 4.71. The Morgan fingerprint density at radius 1 is 0.821 bits per heavy atom. The van der Waals surface area contributed by atoms with E-state index in [1.54, 1.807) is 12.1 Å². The van der Waals surface area contributed by atoms with E-state index in [4.69, 9.17) is 0 Å². The van der Waals surface area contributed by atoms with Gasteiger partial charge in [0.2, 0.25) is 0 Å². The fraction of sp³-hybridized carbons (Fsp3) is 0.174. The second kappa shape index (κ2) is 8.05. The van der Waals surface area contributed by atoms with Gasteiger partial charge in [-0.1, -0.05) is 12.1 Å². The van der Waals surface area contributed by atoms with Crippen molar-refractivity contribution in [2.45, 2.75) is 0 Å². The minimum absolute atomic E-state index is 0.0917. The van der Waals surface area contributed by atoms with E-state index in [0.717, 1.165) is 33.7 Å². The lowest BCUT2D eigenvalue weighted by molar-refractivity contribution is -0.462. The molecule has 0 N–H and O–H groups in total. The molecule has 1 aliphatic carbocycles. The van der Waals surface area contributed by atoms with Crippen molar-refractivity contribution in [1.29, 1.82) is 0 Å². The first-order chi connectivity index (χ1) is 13.4. The molecule has 0 aliphatic heterocycles. The van der Waals surface area contributed by atoms with Gasteiger partial charge in [-0.25, -0.2) is 4.58 Å². The molecule has 0 unspecified atom stereocenters. The topological polar surface area (TPSA) is 49.4 Å². The van der Waals surface area contributed by atoms with Gasteiger partial charge in [-0.3, -0.25) is 10.1 Å². The smallest absolute Gasteiger partial charge is 0.269 e. The number of nitrogens with zero attached hydrogens (tertiary/aromatic N) is 3. The normalized spacial score (nSPS) is 12.9. The molecule has 1 aliphatic rings. The fourth-order valence-electron chi connectivity index (χ4n) is 3.10. The Hall–Kier alpha value is -3.47. The van der Waals surface area contributed by atoms with Crippen molar-refractivity contribution in [3.8, 4) is 0 Å². The maximum atomic E-state index is 11.0. The van der Waals surface area contributed by atoms with Gasteiger partial charge in [0, 0.05) is 44.1 Å². The molecule has 0 saturated heterocycles. The fourth-order valence-corrected chi connectivity index (χ4v) is 3.10. The van der Waals surface area contributed by atoms with Crippen LogP contribution in [-0.4, -0.2) is 43.4 Å². The first-order valence-corrected chi connectivity index (χ1v) is 9.04. The van der Waals surface area contributed by atoms with Crippen LogP contribution in [0.5, 0.6) is 0 Å². The van der Waals surface area contributed by atoms with Crippen molar-refractivity contribution in [3.63, 3.8) is 0 Å². The van der Waals surface area contributed by atoms with Gasteiger partial charge in [-0.15, -0.1) is 0 Å². The monoisotopic (exact) mass is 374 g/mol. The standard InChI is InChI=1S/C23H24N3O2/c1-24(2)20-11-5-17(6-12-20)23(18-7-13-21(14-8-18)25(3)4)19-9-15-22(16-10-19)26(27)28/h5-16H,1-4H3/q+1. The summed E-state index contributed by atoms with van der Waals surface area (Å²) in [6.07, 6.45) is 8.34. The Morgan fingerprint density at radius 3 is 1.75 bits per heavy atom. The van der Waals surface area contributed by atoms with Gasteiger partial charge in [-0.2, -0.15) is 0 Å². The summed E-state index contributed by atoms with van der Waals surface area (Å²) < 4.78 is 2.06. The van der Waals surface area contributed by atoms with Crippen LogP contribution in [0.1, 0.15) is 11.1 Å². The van der Waals surface area contributed by atoms with Crippen molar-refractivity contribution in [3.05, 3.63) is 99.6 Å². The lowest BCUT2D eigenvalue weighted by Crippen LogP contribution is -2.10. The molecule has 3 rings (SSSR count). The minimum Gasteiger partial charge on any atom is -0.378 e. The van der Waals surface area contributed by atoms with E-state index in [-0.39, 0.29) is 10.6 Å². The molecule has 0 saturated carbocycles. The van der Waals surface area contributed by atoms with E-state index in [2.05, 4.69) is 58.0 Å². The number of hydrogen-bond acceptors (Lipinski definition) is 3. The highest BCUT2D eigenvalue weighted by molar-refractivity contribution is 6.04. The van der Waals surface area contributed by atoms with Crippen LogP contribution in [0.3, 0.4) is 0 Å². The van der Waals surface area contributed by atoms with Crippen LogP contribution < -0.4 is 4.90 Å². The summed E-state index contributed by atoms with van der Waals surface area (Å²) in [6.45, 7) is 0. The van der Waals surface area contributed by atoms with Gasteiger partial charge in [-0.05, 0) is 58.7 Å². The average molecular weight is 374 g/mol. The summed E-state index contributed by atoms with van der Waals surface area (Å²) in [7, 11) is 8.04. The molecule has 5 heteroatoms. The third kappa shape index (κ3) is 4.09. The van der Waals surface area contributed by atoms with E-state index in [0.29, 0.717) is 0 Å². The first kappa shape index (κ1) is 19.3. The summed E-state index contributed by atoms with van der Waals surface area (Å²) in [6, 6.07) is 15.1. The van der Waals surface area contributed by atoms with Gasteiger partial charge < -0.3 is 4.90 Å². The summed E-state index contributed by atoms with van der Waals surface area (Å²) >= 11 is 0. The molecular formula is C23H24N3O2+. The summed E-state index contributed by atoms with van der Waals surface area (Å²) in [5.74, 6) is 0. The zero-order valence-electron chi connectivity index (χ0n) is 16.6. The predicted octanol–water partition coefficient (Wildman–Crippen LogP) is 4.30. The molecule has 0 spiro atoms. The minimum atomic E-state index is -0.374. The molecule has 0 radical (unpaired) electrons. The number of allylic oxidation sites excluding steroid dienone is 5. The van der Waals surface area contributed by atoms with Crippen LogP contribution in [0.15, 0.2) is 78.4 Å². The number of rotatable bonds is 4. The van der Waals surface area contributed by atoms with E-state index < -0.39 is 0 Å². The average Bonchev–Trinajstić information content (AvgIpc) is 2.69. The Labute approximate surface area is 165 Å². The van der Waals surface area contributed by atoms with Crippen LogP contribution in [0, 0.1) is 10.1 Å². The molecule has 0 heterocycles. The van der Waals surface area contributed by atoms with Crippen molar-refractivity contribution in [2.24, 2.45) is 0 Å². The SMILES string of the molecule is CN(C)c1ccc(C(=C2C=CC(=[N+](C)C)C=C2)c2ccc([N+](=O)[O-])cc2)cc1. The van der Waals surface area contributed by atoms with E-state index >= 15 is 0 Å². The molecule has 28 heavy (non-hydrogen) atoms. The maximum absolute atomic E-state index is 11.0. The first-order valence-electron chi connectivity index (χ1n) is 9.04. The number of anilines is 1. The zero-order chi connectivity index (χ0) is 20.3. The molecule has 0 amide bonds. The third-order valence-corrected chi connectivity index (χ3v) is 4.71. The molecule has 0 fully saturated rings. The molecule has 0 aromatic heterocycles. The largest absolute Gasteiger partial charge is 0.378 e. The Kier molecular flexibility index (Phi) is 5.54. The quantitative estimate of drug-likeness (QED) is 0.455. The van der Waals surface area contributed by atoms with Crippen molar-refractivity contribution in [1.82, 2.24) is 0 Å². The van der Waals surface area contributed by atoms with Crippen LogP contribution in [0.2, 0.25) is 0 Å². The van der Waals surface area contributed by atoms with E-state index in [1.165, 1.54) is 0 Å². The zero-order valence-corrected chi connectivity index (χ0v) is 16.6. The van der Waals surface area contributed by atoms with Crippen LogP contribution >= 0.6 is 0 Å². The van der Waals surface area contributed by atoms with Gasteiger partial charge in [0.1, 0.15) is 14.1 Å². The number of nitro benzene ring substituents is 1. The number of nitro groups is 1. The van der Waals surface area contributed by atoms with E-state index in [9.17, 15) is 10.1 Å². The summed E-state index contributed by atoms with van der Waals surface area (Å²) in [5, 5.41) is 11.0. The molecule has 5 nitrogen and oxygen atoms in total. The van der Waals surface area contributed by atoms with Crippen LogP contribution in [-0.2, 0) is 0 Å². The lowest BCUT2D eigenvalue weighted by Gasteiger charge is -2.16. The van der Waals surface area contributed by atoms with Gasteiger partial charge in [0.25, 0.3) is 5.69 Å². The second-order valence-electron chi connectivity index (χ2n) is 7.06. The number of non-ortho nitro benzene ring substituents is 1. The Morgan fingerprint density at radius 2 is 1.32 bits per heavy atom. The van der Waals surface area contributed by atoms with Gasteiger partial charge in [0.15, 0.2) is 5.71 Å². The molecule has 142 valence electrons. The maximum Gasteiger partial charge on any atom is 0.269 e. The van der Waals surface area contributed by atoms with E-state index in [1.807, 2.05) is 40.3 Å². The van der Waals surface area contributed by atoms with Crippen molar-refractivity contribution in [2.75, 3.05) is 33.1 Å². The summed E-state index contributed by atoms with van der Waals surface area (Å²) in [5.41, 5.74) is 6.46. The molecule has 2 aromatic carbocycles. The number of hydrogen-bond donors (Lipinski definition) is 0.